The second-order valence-electron chi connectivity index (χ2n) is 6.82. The van der Waals surface area contributed by atoms with Gasteiger partial charge in [-0.3, -0.25) is 4.79 Å². The Morgan fingerprint density at radius 3 is 2.57 bits per heavy atom. The van der Waals surface area contributed by atoms with Crippen molar-refractivity contribution < 1.29 is 23.7 Å². The van der Waals surface area contributed by atoms with Crippen LogP contribution in [0.4, 0.5) is 5.82 Å². The SMILES string of the molecule is COc1cccc(Cn2nccc2NC(=O)C2Oc3ccccc3OC2C)c1OC. The Balaban J connectivity index is 1.51. The molecule has 1 N–H and O–H groups in total. The fourth-order valence-electron chi connectivity index (χ4n) is 3.41. The van der Waals surface area contributed by atoms with Crippen molar-refractivity contribution in [3.8, 4) is 23.0 Å². The topological polar surface area (TPSA) is 83.8 Å². The summed E-state index contributed by atoms with van der Waals surface area (Å²) < 4.78 is 24.2. The first-order valence-corrected chi connectivity index (χ1v) is 9.55. The molecule has 2 heterocycles. The molecule has 2 atom stereocenters. The molecular formula is C22H23N3O5. The van der Waals surface area contributed by atoms with E-state index >= 15 is 0 Å². The van der Waals surface area contributed by atoms with Gasteiger partial charge in [-0.05, 0) is 25.1 Å². The van der Waals surface area contributed by atoms with Gasteiger partial charge in [-0.2, -0.15) is 5.10 Å². The largest absolute Gasteiger partial charge is 0.493 e. The van der Waals surface area contributed by atoms with Crippen molar-refractivity contribution in [2.24, 2.45) is 0 Å². The number of benzene rings is 2. The van der Waals surface area contributed by atoms with Gasteiger partial charge >= 0.3 is 0 Å². The first-order chi connectivity index (χ1) is 14.6. The van der Waals surface area contributed by atoms with E-state index in [4.69, 9.17) is 18.9 Å². The van der Waals surface area contributed by atoms with Crippen LogP contribution in [0.3, 0.4) is 0 Å². The zero-order valence-corrected chi connectivity index (χ0v) is 17.0. The summed E-state index contributed by atoms with van der Waals surface area (Å²) in [6.45, 7) is 2.20. The molecule has 2 aromatic carbocycles. The maximum Gasteiger partial charge on any atom is 0.270 e. The van der Waals surface area contributed by atoms with Gasteiger partial charge in [-0.15, -0.1) is 0 Å². The average Bonchev–Trinajstić information content (AvgIpc) is 3.19. The lowest BCUT2D eigenvalue weighted by Gasteiger charge is -2.31. The number of nitrogens with zero attached hydrogens (tertiary/aromatic N) is 2. The number of hydrogen-bond donors (Lipinski definition) is 1. The van der Waals surface area contributed by atoms with E-state index < -0.39 is 12.2 Å². The summed E-state index contributed by atoms with van der Waals surface area (Å²) in [5.74, 6) is 2.67. The normalized spacial score (nSPS) is 17.3. The molecule has 0 spiro atoms. The van der Waals surface area contributed by atoms with Crippen LogP contribution in [0.15, 0.2) is 54.7 Å². The minimum atomic E-state index is -0.783. The van der Waals surface area contributed by atoms with Crippen LogP contribution in [-0.2, 0) is 11.3 Å². The van der Waals surface area contributed by atoms with E-state index in [1.165, 1.54) is 0 Å². The molecule has 30 heavy (non-hydrogen) atoms. The van der Waals surface area contributed by atoms with Crippen molar-refractivity contribution in [3.63, 3.8) is 0 Å². The second kappa shape index (κ2) is 8.36. The third-order valence-corrected chi connectivity index (χ3v) is 4.87. The highest BCUT2D eigenvalue weighted by Gasteiger charge is 2.34. The molecule has 3 aromatic rings. The molecule has 1 aliphatic heterocycles. The monoisotopic (exact) mass is 409 g/mol. The summed E-state index contributed by atoms with van der Waals surface area (Å²) in [6, 6.07) is 14.7. The molecule has 2 unspecified atom stereocenters. The third kappa shape index (κ3) is 3.76. The molecule has 0 radical (unpaired) electrons. The highest BCUT2D eigenvalue weighted by Crippen LogP contribution is 2.34. The first kappa shape index (κ1) is 19.6. The lowest BCUT2D eigenvalue weighted by Crippen LogP contribution is -2.46. The Labute approximate surface area is 174 Å². The second-order valence-corrected chi connectivity index (χ2v) is 6.82. The minimum Gasteiger partial charge on any atom is -0.493 e. The molecule has 0 bridgehead atoms. The van der Waals surface area contributed by atoms with Crippen LogP contribution in [0.1, 0.15) is 12.5 Å². The predicted molar refractivity (Wildman–Crippen MR) is 110 cm³/mol. The summed E-state index contributed by atoms with van der Waals surface area (Å²) >= 11 is 0. The molecule has 8 nitrogen and oxygen atoms in total. The van der Waals surface area contributed by atoms with Gasteiger partial charge in [0.1, 0.15) is 11.9 Å². The predicted octanol–water partition coefficient (Wildman–Crippen LogP) is 3.12. The summed E-state index contributed by atoms with van der Waals surface area (Å²) in [5, 5.41) is 7.22. The number of para-hydroxylation sites is 3. The van der Waals surface area contributed by atoms with Crippen LogP contribution in [0.5, 0.6) is 23.0 Å². The van der Waals surface area contributed by atoms with Crippen molar-refractivity contribution in [2.75, 3.05) is 19.5 Å². The van der Waals surface area contributed by atoms with Gasteiger partial charge in [0.25, 0.3) is 5.91 Å². The van der Waals surface area contributed by atoms with Crippen molar-refractivity contribution >= 4 is 11.7 Å². The van der Waals surface area contributed by atoms with Gasteiger partial charge in [-0.1, -0.05) is 24.3 Å². The number of hydrogen-bond acceptors (Lipinski definition) is 6. The van der Waals surface area contributed by atoms with Crippen LogP contribution < -0.4 is 24.3 Å². The number of carbonyl (C=O) groups excluding carboxylic acids is 1. The number of nitrogens with one attached hydrogen (secondary N) is 1. The van der Waals surface area contributed by atoms with E-state index in [9.17, 15) is 4.79 Å². The number of ether oxygens (including phenoxy) is 4. The summed E-state index contributed by atoms with van der Waals surface area (Å²) in [7, 11) is 3.18. The minimum absolute atomic E-state index is 0.309. The molecule has 0 saturated heterocycles. The molecule has 0 saturated carbocycles. The molecule has 0 aliphatic carbocycles. The Kier molecular flexibility index (Phi) is 5.47. The smallest absolute Gasteiger partial charge is 0.270 e. The fourth-order valence-corrected chi connectivity index (χ4v) is 3.41. The van der Waals surface area contributed by atoms with E-state index in [0.717, 1.165) is 5.56 Å². The van der Waals surface area contributed by atoms with Gasteiger partial charge in [-0.25, -0.2) is 4.68 Å². The highest BCUT2D eigenvalue weighted by atomic mass is 16.6. The van der Waals surface area contributed by atoms with Gasteiger partial charge in [0.15, 0.2) is 23.0 Å². The van der Waals surface area contributed by atoms with Crippen LogP contribution in [0.25, 0.3) is 0 Å². The van der Waals surface area contributed by atoms with Crippen LogP contribution in [-0.4, -0.2) is 42.1 Å². The van der Waals surface area contributed by atoms with E-state index in [-0.39, 0.29) is 5.91 Å². The average molecular weight is 409 g/mol. The summed E-state index contributed by atoms with van der Waals surface area (Å²) in [6.07, 6.45) is 0.406. The van der Waals surface area contributed by atoms with Gasteiger partial charge in [0.2, 0.25) is 6.10 Å². The molecule has 1 aliphatic rings. The van der Waals surface area contributed by atoms with Crippen molar-refractivity contribution in [3.05, 3.63) is 60.3 Å². The van der Waals surface area contributed by atoms with Crippen molar-refractivity contribution in [1.82, 2.24) is 9.78 Å². The molecule has 8 heteroatoms. The van der Waals surface area contributed by atoms with E-state index in [1.54, 1.807) is 44.2 Å². The van der Waals surface area contributed by atoms with Crippen LogP contribution in [0, 0.1) is 0 Å². The number of amides is 1. The zero-order valence-electron chi connectivity index (χ0n) is 17.0. The summed E-state index contributed by atoms with van der Waals surface area (Å²) in [4.78, 5) is 12.9. The first-order valence-electron chi connectivity index (χ1n) is 9.55. The Morgan fingerprint density at radius 2 is 1.83 bits per heavy atom. The Hall–Kier alpha value is -3.68. The van der Waals surface area contributed by atoms with Gasteiger partial charge in [0, 0.05) is 11.6 Å². The van der Waals surface area contributed by atoms with Gasteiger partial charge < -0.3 is 24.3 Å². The van der Waals surface area contributed by atoms with E-state index in [1.807, 2.05) is 36.4 Å². The Bertz CT molecular complexity index is 1050. The van der Waals surface area contributed by atoms with Crippen LogP contribution in [0.2, 0.25) is 0 Å². The Morgan fingerprint density at radius 1 is 1.07 bits per heavy atom. The fraction of sp³-hybridized carbons (Fsp3) is 0.273. The molecule has 0 fully saturated rings. The highest BCUT2D eigenvalue weighted by molar-refractivity contribution is 5.94. The number of carbonyl (C=O) groups is 1. The van der Waals surface area contributed by atoms with Gasteiger partial charge in [0.05, 0.1) is 27.0 Å². The molecule has 156 valence electrons. The number of anilines is 1. The van der Waals surface area contributed by atoms with Crippen LogP contribution >= 0.6 is 0 Å². The number of methoxy groups -OCH3 is 2. The number of aromatic nitrogens is 2. The maximum absolute atomic E-state index is 12.9. The van der Waals surface area contributed by atoms with Crippen molar-refractivity contribution in [2.45, 2.75) is 25.7 Å². The third-order valence-electron chi connectivity index (χ3n) is 4.87. The molecule has 4 rings (SSSR count). The standard InChI is InChI=1S/C22H23N3O5/c1-14-20(30-17-9-5-4-8-16(17)29-14)22(26)24-19-11-12-23-25(19)13-15-7-6-10-18(27-2)21(15)28-3/h4-12,14,20H,13H2,1-3H3,(H,24,26). The lowest BCUT2D eigenvalue weighted by atomic mass is 10.1. The molecular weight excluding hydrogens is 386 g/mol. The number of fused-ring (bicyclic) bond motifs is 1. The molecule has 1 aromatic heterocycles. The molecule has 1 amide bonds. The quantitative estimate of drug-likeness (QED) is 0.674. The van der Waals surface area contributed by atoms with E-state index in [0.29, 0.717) is 35.4 Å². The lowest BCUT2D eigenvalue weighted by molar-refractivity contribution is -0.128. The van der Waals surface area contributed by atoms with Crippen molar-refractivity contribution in [1.29, 1.82) is 0 Å². The zero-order chi connectivity index (χ0) is 21.1. The van der Waals surface area contributed by atoms with E-state index in [2.05, 4.69) is 10.4 Å². The maximum atomic E-state index is 12.9. The summed E-state index contributed by atoms with van der Waals surface area (Å²) in [5.41, 5.74) is 0.871. The number of rotatable bonds is 6.